The first kappa shape index (κ1) is 23.8. The van der Waals surface area contributed by atoms with E-state index >= 15 is 0 Å². The monoisotopic (exact) mass is 480 g/mol. The van der Waals surface area contributed by atoms with Crippen molar-refractivity contribution in [3.63, 3.8) is 0 Å². The minimum atomic E-state index is -0.738. The fraction of sp³-hybridized carbons (Fsp3) is 0.167. The number of nitrogens with zero attached hydrogens (tertiary/aromatic N) is 3. The Morgan fingerprint density at radius 2 is 1.83 bits per heavy atom. The predicted octanol–water partition coefficient (Wildman–Crippen LogP) is 3.59. The number of anilines is 2. The van der Waals surface area contributed by atoms with Crippen molar-refractivity contribution in [3.05, 3.63) is 88.4 Å². The zero-order chi connectivity index (χ0) is 25.1. The van der Waals surface area contributed by atoms with Gasteiger partial charge in [-0.05, 0) is 49.2 Å². The molecule has 180 valence electrons. The summed E-state index contributed by atoms with van der Waals surface area (Å²) in [6, 6.07) is 8.61. The molecular weight excluding hydrogens is 458 g/mol. The van der Waals surface area contributed by atoms with Crippen molar-refractivity contribution in [2.75, 3.05) is 12.4 Å². The number of hydroxylamine groups is 1. The maximum Gasteiger partial charge on any atom is 0.274 e. The van der Waals surface area contributed by atoms with Crippen LogP contribution in [0.2, 0.25) is 0 Å². The SMILES string of the molecule is CONC(=O)c1ccc(C)c(Nc2ncnn3cc(C(=O)NCc4c(F)cccc4F)c(C)c23)c1. The Kier molecular flexibility index (Phi) is 6.69. The molecule has 4 aromatic rings. The first-order valence-corrected chi connectivity index (χ1v) is 10.5. The predicted molar refractivity (Wildman–Crippen MR) is 124 cm³/mol. The topological polar surface area (TPSA) is 110 Å². The average Bonchev–Trinajstić information content (AvgIpc) is 3.17. The summed E-state index contributed by atoms with van der Waals surface area (Å²) >= 11 is 0. The lowest BCUT2D eigenvalue weighted by Crippen LogP contribution is -2.24. The van der Waals surface area contributed by atoms with Gasteiger partial charge in [0.05, 0.1) is 12.7 Å². The molecule has 4 rings (SSSR count). The molecule has 11 heteroatoms. The van der Waals surface area contributed by atoms with E-state index in [4.69, 9.17) is 0 Å². The molecule has 3 N–H and O–H groups in total. The van der Waals surface area contributed by atoms with Gasteiger partial charge in [-0.3, -0.25) is 14.4 Å². The highest BCUT2D eigenvalue weighted by atomic mass is 19.1. The van der Waals surface area contributed by atoms with Gasteiger partial charge in [-0.1, -0.05) is 12.1 Å². The Bertz CT molecular complexity index is 1420. The van der Waals surface area contributed by atoms with Crippen molar-refractivity contribution < 1.29 is 23.2 Å². The summed E-state index contributed by atoms with van der Waals surface area (Å²) in [5.74, 6) is -2.00. The lowest BCUT2D eigenvalue weighted by Gasteiger charge is -2.12. The van der Waals surface area contributed by atoms with E-state index in [0.717, 1.165) is 17.7 Å². The normalized spacial score (nSPS) is 10.9. The van der Waals surface area contributed by atoms with Gasteiger partial charge >= 0.3 is 0 Å². The number of carbonyl (C=O) groups is 2. The zero-order valence-corrected chi connectivity index (χ0v) is 19.1. The summed E-state index contributed by atoms with van der Waals surface area (Å²) < 4.78 is 29.3. The van der Waals surface area contributed by atoms with Crippen molar-refractivity contribution in [1.82, 2.24) is 25.4 Å². The van der Waals surface area contributed by atoms with Crippen molar-refractivity contribution in [1.29, 1.82) is 0 Å². The molecule has 0 unspecified atom stereocenters. The summed E-state index contributed by atoms with van der Waals surface area (Å²) in [4.78, 5) is 34.0. The molecule has 2 amide bonds. The third-order valence-corrected chi connectivity index (χ3v) is 5.51. The van der Waals surface area contributed by atoms with Crippen LogP contribution < -0.4 is 16.1 Å². The van der Waals surface area contributed by atoms with Crippen LogP contribution in [0.25, 0.3) is 5.52 Å². The van der Waals surface area contributed by atoms with Gasteiger partial charge in [0.15, 0.2) is 5.82 Å². The quantitative estimate of drug-likeness (QED) is 0.349. The molecule has 2 heterocycles. The average molecular weight is 480 g/mol. The van der Waals surface area contributed by atoms with Gasteiger partial charge in [-0.15, -0.1) is 0 Å². The van der Waals surface area contributed by atoms with Crippen LogP contribution in [-0.2, 0) is 11.4 Å². The van der Waals surface area contributed by atoms with Gasteiger partial charge in [-0.25, -0.2) is 23.8 Å². The molecule has 35 heavy (non-hydrogen) atoms. The molecule has 0 aliphatic rings. The Morgan fingerprint density at radius 3 is 2.54 bits per heavy atom. The number of hydrogen-bond donors (Lipinski definition) is 3. The van der Waals surface area contributed by atoms with Crippen molar-refractivity contribution in [2.45, 2.75) is 20.4 Å². The molecule has 0 fully saturated rings. The molecule has 0 saturated carbocycles. The van der Waals surface area contributed by atoms with E-state index in [9.17, 15) is 18.4 Å². The van der Waals surface area contributed by atoms with Crippen LogP contribution in [0, 0.1) is 25.5 Å². The number of benzene rings is 2. The maximum atomic E-state index is 13.9. The summed E-state index contributed by atoms with van der Waals surface area (Å²) in [6.07, 6.45) is 2.84. The second-order valence-corrected chi connectivity index (χ2v) is 7.74. The van der Waals surface area contributed by atoms with Crippen LogP contribution in [0.4, 0.5) is 20.3 Å². The Balaban J connectivity index is 1.63. The summed E-state index contributed by atoms with van der Waals surface area (Å²) in [6.45, 7) is 3.28. The molecule has 0 aliphatic carbocycles. The van der Waals surface area contributed by atoms with Crippen LogP contribution in [0.5, 0.6) is 0 Å². The first-order valence-electron chi connectivity index (χ1n) is 10.5. The molecule has 2 aromatic carbocycles. The minimum Gasteiger partial charge on any atom is -0.348 e. The Labute approximate surface area is 199 Å². The molecule has 0 aliphatic heterocycles. The second kappa shape index (κ2) is 9.85. The van der Waals surface area contributed by atoms with E-state index < -0.39 is 23.4 Å². The molecule has 0 radical (unpaired) electrons. The van der Waals surface area contributed by atoms with Gasteiger partial charge in [0.1, 0.15) is 23.5 Å². The summed E-state index contributed by atoms with van der Waals surface area (Å²) in [5.41, 5.74) is 5.25. The molecule has 0 bridgehead atoms. The number of rotatable bonds is 7. The van der Waals surface area contributed by atoms with E-state index in [-0.39, 0.29) is 17.7 Å². The standard InChI is InChI=1S/C24H22F2N6O3/c1-13-7-8-15(23(33)31-35-3)9-20(13)30-22-21-14(2)17(11-32(21)29-12-28-22)24(34)27-10-16-18(25)5-4-6-19(16)26/h4-9,11-12H,10H2,1-3H3,(H,27,34)(H,31,33)(H,28,29,30). The Morgan fingerprint density at radius 1 is 1.09 bits per heavy atom. The van der Waals surface area contributed by atoms with Crippen LogP contribution in [-0.4, -0.2) is 33.5 Å². The fourth-order valence-electron chi connectivity index (χ4n) is 3.62. The second-order valence-electron chi connectivity index (χ2n) is 7.74. The number of halogens is 2. The van der Waals surface area contributed by atoms with Crippen molar-refractivity contribution >= 4 is 28.8 Å². The third kappa shape index (κ3) is 4.80. The van der Waals surface area contributed by atoms with Gasteiger partial charge in [0.2, 0.25) is 0 Å². The summed E-state index contributed by atoms with van der Waals surface area (Å²) in [7, 11) is 1.35. The fourth-order valence-corrected chi connectivity index (χ4v) is 3.62. The lowest BCUT2D eigenvalue weighted by atomic mass is 10.1. The van der Waals surface area contributed by atoms with Gasteiger partial charge in [0, 0.05) is 29.6 Å². The molecular formula is C24H22F2N6O3. The van der Waals surface area contributed by atoms with E-state index in [2.05, 4.69) is 31.0 Å². The van der Waals surface area contributed by atoms with Crippen LogP contribution in [0.3, 0.4) is 0 Å². The first-order chi connectivity index (χ1) is 16.8. The summed E-state index contributed by atoms with van der Waals surface area (Å²) in [5, 5.41) is 9.92. The molecule has 0 spiro atoms. The molecule has 0 saturated heterocycles. The molecule has 0 atom stereocenters. The number of nitrogens with one attached hydrogen (secondary N) is 3. The largest absolute Gasteiger partial charge is 0.348 e. The Hall–Kier alpha value is -4.38. The van der Waals surface area contributed by atoms with E-state index in [1.54, 1.807) is 25.1 Å². The van der Waals surface area contributed by atoms with Gasteiger partial charge < -0.3 is 10.6 Å². The third-order valence-electron chi connectivity index (χ3n) is 5.51. The highest BCUT2D eigenvalue weighted by Crippen LogP contribution is 2.27. The van der Waals surface area contributed by atoms with Crippen LogP contribution >= 0.6 is 0 Å². The zero-order valence-electron chi connectivity index (χ0n) is 19.1. The number of aryl methyl sites for hydroxylation is 2. The highest BCUT2D eigenvalue weighted by Gasteiger charge is 2.19. The number of amides is 2. The van der Waals surface area contributed by atoms with Crippen molar-refractivity contribution in [2.24, 2.45) is 0 Å². The van der Waals surface area contributed by atoms with E-state index in [1.165, 1.54) is 30.2 Å². The highest BCUT2D eigenvalue weighted by molar-refractivity contribution is 5.99. The molecule has 2 aromatic heterocycles. The number of carbonyl (C=O) groups excluding carboxylic acids is 2. The smallest absolute Gasteiger partial charge is 0.274 e. The van der Waals surface area contributed by atoms with Gasteiger partial charge in [0.25, 0.3) is 11.8 Å². The van der Waals surface area contributed by atoms with Crippen LogP contribution in [0.1, 0.15) is 37.4 Å². The van der Waals surface area contributed by atoms with E-state index in [1.807, 2.05) is 6.92 Å². The minimum absolute atomic E-state index is 0.225. The number of aromatic nitrogens is 3. The number of hydrogen-bond acceptors (Lipinski definition) is 6. The van der Waals surface area contributed by atoms with Crippen molar-refractivity contribution in [3.8, 4) is 0 Å². The maximum absolute atomic E-state index is 13.9. The lowest BCUT2D eigenvalue weighted by molar-refractivity contribution is 0.0537. The number of fused-ring (bicyclic) bond motifs is 1. The molecule has 9 nitrogen and oxygen atoms in total. The van der Waals surface area contributed by atoms with Gasteiger partial charge in [-0.2, -0.15) is 5.10 Å². The van der Waals surface area contributed by atoms with Crippen LogP contribution in [0.15, 0.2) is 48.9 Å². The van der Waals surface area contributed by atoms with E-state index in [0.29, 0.717) is 28.1 Å².